The van der Waals surface area contributed by atoms with Gasteiger partial charge in [-0.1, -0.05) is 45.7 Å². The Balaban J connectivity index is 2.08. The lowest BCUT2D eigenvalue weighted by molar-refractivity contribution is -0.134. The number of ether oxygens (including phenoxy) is 1. The van der Waals surface area contributed by atoms with Gasteiger partial charge < -0.3 is 15.4 Å². The van der Waals surface area contributed by atoms with Gasteiger partial charge in [0.1, 0.15) is 6.04 Å². The minimum atomic E-state index is -0.596. The van der Waals surface area contributed by atoms with Crippen molar-refractivity contribution in [1.82, 2.24) is 30.5 Å². The molecule has 10 nitrogen and oxygen atoms in total. The number of nitrogens with one attached hydrogen (secondary N) is 2. The van der Waals surface area contributed by atoms with E-state index in [9.17, 15) is 14.4 Å². The Bertz CT molecular complexity index is 826. The molecule has 1 aliphatic heterocycles. The van der Waals surface area contributed by atoms with Gasteiger partial charge in [0.15, 0.2) is 5.69 Å². The average molecular weight is 479 g/mol. The van der Waals surface area contributed by atoms with E-state index in [2.05, 4.69) is 25.8 Å². The lowest BCUT2D eigenvalue weighted by Crippen LogP contribution is -2.57. The zero-order valence-corrected chi connectivity index (χ0v) is 21.7. The van der Waals surface area contributed by atoms with Crippen LogP contribution in [0.2, 0.25) is 0 Å². The van der Waals surface area contributed by atoms with Gasteiger partial charge in [0.2, 0.25) is 11.8 Å². The Morgan fingerprint density at radius 1 is 1.18 bits per heavy atom. The second kappa shape index (κ2) is 12.8. The standard InChI is InChI=1S/C24H42N6O4/c1-8-16(4)21(26-22(31)20-11-9-10-12-29(20)6)23(32)25-18(15(2)3)13-17(5)30-14-19(27-28-30)24(33)34-7/h14-18,20-21H,8-13H2,1-7H3,(H,25,32)(H,26,31)/t16-,17+,18+,20+,21-/m0/s1. The smallest absolute Gasteiger partial charge is 0.360 e. The molecule has 1 aromatic rings. The number of likely N-dealkylation sites (tertiary alicyclic amines) is 1. The molecule has 0 saturated carbocycles. The first-order valence-corrected chi connectivity index (χ1v) is 12.4. The molecule has 2 heterocycles. The summed E-state index contributed by atoms with van der Waals surface area (Å²) in [5, 5.41) is 14.1. The minimum absolute atomic E-state index is 0.000937. The number of methoxy groups -OCH3 is 1. The van der Waals surface area contributed by atoms with E-state index in [0.29, 0.717) is 6.42 Å². The number of piperidine rings is 1. The zero-order valence-electron chi connectivity index (χ0n) is 21.7. The summed E-state index contributed by atoms with van der Waals surface area (Å²) in [5.74, 6) is -0.618. The molecule has 2 rings (SSSR count). The number of rotatable bonds is 11. The van der Waals surface area contributed by atoms with Crippen molar-refractivity contribution in [1.29, 1.82) is 0 Å². The first kappa shape index (κ1) is 27.8. The molecule has 1 saturated heterocycles. The van der Waals surface area contributed by atoms with Gasteiger partial charge in [0, 0.05) is 6.04 Å². The fourth-order valence-electron chi connectivity index (χ4n) is 4.29. The zero-order chi connectivity index (χ0) is 25.4. The number of hydrogen-bond donors (Lipinski definition) is 2. The van der Waals surface area contributed by atoms with Crippen LogP contribution in [0.25, 0.3) is 0 Å². The second-order valence-corrected chi connectivity index (χ2v) is 9.88. The molecule has 10 heteroatoms. The maximum Gasteiger partial charge on any atom is 0.360 e. The van der Waals surface area contributed by atoms with Crippen LogP contribution < -0.4 is 10.6 Å². The van der Waals surface area contributed by atoms with E-state index in [1.165, 1.54) is 7.11 Å². The van der Waals surface area contributed by atoms with Crippen molar-refractivity contribution in [2.24, 2.45) is 11.8 Å². The van der Waals surface area contributed by atoms with Crippen molar-refractivity contribution in [3.05, 3.63) is 11.9 Å². The number of esters is 1. The van der Waals surface area contributed by atoms with Crippen LogP contribution in [-0.4, -0.2) is 76.5 Å². The molecular formula is C24H42N6O4. The van der Waals surface area contributed by atoms with Crippen molar-refractivity contribution < 1.29 is 19.1 Å². The summed E-state index contributed by atoms with van der Waals surface area (Å²) in [6, 6.07) is -1.03. The molecule has 0 aromatic carbocycles. The SMILES string of the molecule is CC[C@H](C)[C@H](NC(=O)[C@H]1CCCCN1C)C(=O)N[C@H](C[C@@H](C)n1cc(C(=O)OC)nn1)C(C)C. The summed E-state index contributed by atoms with van der Waals surface area (Å²) in [7, 11) is 3.27. The molecule has 34 heavy (non-hydrogen) atoms. The summed E-state index contributed by atoms with van der Waals surface area (Å²) >= 11 is 0. The highest BCUT2D eigenvalue weighted by Crippen LogP contribution is 2.20. The molecule has 0 spiro atoms. The Kier molecular flexibility index (Phi) is 10.5. The van der Waals surface area contributed by atoms with Gasteiger partial charge in [-0.05, 0) is 51.6 Å². The van der Waals surface area contributed by atoms with E-state index < -0.39 is 12.0 Å². The molecule has 0 aliphatic carbocycles. The van der Waals surface area contributed by atoms with E-state index in [1.54, 1.807) is 10.9 Å². The quantitative estimate of drug-likeness (QED) is 0.468. The molecule has 0 radical (unpaired) electrons. The Hall–Kier alpha value is -2.49. The maximum absolute atomic E-state index is 13.4. The molecule has 192 valence electrons. The highest BCUT2D eigenvalue weighted by molar-refractivity contribution is 5.90. The van der Waals surface area contributed by atoms with Crippen LogP contribution in [0.5, 0.6) is 0 Å². The number of hydrogen-bond acceptors (Lipinski definition) is 7. The number of likely N-dealkylation sites (N-methyl/N-ethyl adjacent to an activating group) is 1. The van der Waals surface area contributed by atoms with Crippen molar-refractivity contribution in [2.75, 3.05) is 20.7 Å². The van der Waals surface area contributed by atoms with Gasteiger partial charge in [-0.25, -0.2) is 9.48 Å². The van der Waals surface area contributed by atoms with Crippen LogP contribution in [0.4, 0.5) is 0 Å². The van der Waals surface area contributed by atoms with Crippen molar-refractivity contribution in [3.8, 4) is 0 Å². The second-order valence-electron chi connectivity index (χ2n) is 9.88. The van der Waals surface area contributed by atoms with Crippen molar-refractivity contribution >= 4 is 17.8 Å². The third-order valence-corrected chi connectivity index (χ3v) is 6.95. The van der Waals surface area contributed by atoms with Gasteiger partial charge in [-0.3, -0.25) is 14.5 Å². The van der Waals surface area contributed by atoms with Crippen LogP contribution in [0, 0.1) is 11.8 Å². The van der Waals surface area contributed by atoms with Gasteiger partial charge in [-0.15, -0.1) is 5.10 Å². The predicted molar refractivity (Wildman–Crippen MR) is 129 cm³/mol. The molecule has 1 aromatic heterocycles. The number of nitrogens with zero attached hydrogens (tertiary/aromatic N) is 4. The van der Waals surface area contributed by atoms with E-state index in [4.69, 9.17) is 4.74 Å². The van der Waals surface area contributed by atoms with E-state index >= 15 is 0 Å². The minimum Gasteiger partial charge on any atom is -0.464 e. The summed E-state index contributed by atoms with van der Waals surface area (Å²) < 4.78 is 6.31. The normalized spacial score (nSPS) is 20.3. The van der Waals surface area contributed by atoms with Crippen molar-refractivity contribution in [3.63, 3.8) is 0 Å². The molecule has 0 unspecified atom stereocenters. The number of amides is 2. The van der Waals surface area contributed by atoms with Crippen molar-refractivity contribution in [2.45, 2.75) is 90.9 Å². The molecule has 1 aliphatic rings. The molecule has 5 atom stereocenters. The van der Waals surface area contributed by atoms with Crippen LogP contribution in [0.1, 0.15) is 83.3 Å². The summed E-state index contributed by atoms with van der Waals surface area (Å²) in [6.07, 6.45) is 5.86. The van der Waals surface area contributed by atoms with Crippen LogP contribution in [0.15, 0.2) is 6.20 Å². The van der Waals surface area contributed by atoms with E-state index in [0.717, 1.165) is 32.2 Å². The first-order valence-electron chi connectivity index (χ1n) is 12.4. The van der Waals surface area contributed by atoms with Crippen LogP contribution >= 0.6 is 0 Å². The summed E-state index contributed by atoms with van der Waals surface area (Å²) in [5.41, 5.74) is 0.145. The maximum atomic E-state index is 13.4. The lowest BCUT2D eigenvalue weighted by atomic mass is 9.93. The van der Waals surface area contributed by atoms with Gasteiger partial charge in [0.25, 0.3) is 0 Å². The van der Waals surface area contributed by atoms with Gasteiger partial charge in [-0.2, -0.15) is 0 Å². The van der Waals surface area contributed by atoms with Gasteiger partial charge >= 0.3 is 5.97 Å². The molecule has 1 fully saturated rings. The van der Waals surface area contributed by atoms with Crippen LogP contribution in [0.3, 0.4) is 0 Å². The number of aromatic nitrogens is 3. The first-order chi connectivity index (χ1) is 16.1. The molecule has 2 N–H and O–H groups in total. The highest BCUT2D eigenvalue weighted by Gasteiger charge is 2.33. The number of carbonyl (C=O) groups is 3. The molecule has 2 amide bonds. The Labute approximate surface area is 203 Å². The molecule has 0 bridgehead atoms. The van der Waals surface area contributed by atoms with Crippen LogP contribution in [-0.2, 0) is 14.3 Å². The fourth-order valence-corrected chi connectivity index (χ4v) is 4.29. The largest absolute Gasteiger partial charge is 0.464 e. The Morgan fingerprint density at radius 3 is 2.47 bits per heavy atom. The lowest BCUT2D eigenvalue weighted by Gasteiger charge is -2.34. The highest BCUT2D eigenvalue weighted by atomic mass is 16.5. The Morgan fingerprint density at radius 2 is 1.88 bits per heavy atom. The van der Waals surface area contributed by atoms with Gasteiger partial charge in [0.05, 0.1) is 25.4 Å². The number of carbonyl (C=O) groups excluding carboxylic acids is 3. The monoisotopic (exact) mass is 478 g/mol. The predicted octanol–water partition coefficient (Wildman–Crippen LogP) is 2.17. The molecular weight excluding hydrogens is 436 g/mol. The third kappa shape index (κ3) is 7.25. The fraction of sp³-hybridized carbons (Fsp3) is 0.792. The average Bonchev–Trinajstić information content (AvgIpc) is 3.31. The summed E-state index contributed by atoms with van der Waals surface area (Å²) in [4.78, 5) is 40.1. The third-order valence-electron chi connectivity index (χ3n) is 6.95. The van der Waals surface area contributed by atoms with E-state index in [-0.39, 0.29) is 47.5 Å². The summed E-state index contributed by atoms with van der Waals surface area (Å²) in [6.45, 7) is 11.0. The van der Waals surface area contributed by atoms with E-state index in [1.807, 2.05) is 41.7 Å². The topological polar surface area (TPSA) is 118 Å².